The van der Waals surface area contributed by atoms with Crippen molar-refractivity contribution in [1.29, 1.82) is 0 Å². The SMILES string of the molecule is CC(=O)c1nc(-c2ccc(C)c(C)c2C)cs1. The Kier molecular flexibility index (Phi) is 3.11. The Morgan fingerprint density at radius 3 is 2.47 bits per heavy atom. The molecule has 0 aliphatic carbocycles. The molecule has 0 fully saturated rings. The summed E-state index contributed by atoms with van der Waals surface area (Å²) in [6, 6.07) is 4.18. The van der Waals surface area contributed by atoms with Crippen molar-refractivity contribution in [2.24, 2.45) is 0 Å². The zero-order chi connectivity index (χ0) is 12.6. The fourth-order valence-electron chi connectivity index (χ4n) is 1.79. The van der Waals surface area contributed by atoms with Crippen LogP contribution in [0.25, 0.3) is 11.3 Å². The van der Waals surface area contributed by atoms with Crippen molar-refractivity contribution in [3.63, 3.8) is 0 Å². The van der Waals surface area contributed by atoms with Crippen LogP contribution in [0.1, 0.15) is 33.4 Å². The summed E-state index contributed by atoms with van der Waals surface area (Å²) in [4.78, 5) is 15.6. The molecule has 0 N–H and O–H groups in total. The second kappa shape index (κ2) is 4.41. The molecule has 0 unspecified atom stereocenters. The summed E-state index contributed by atoms with van der Waals surface area (Å²) in [5.74, 6) is 0.0303. The number of aryl methyl sites for hydroxylation is 1. The lowest BCUT2D eigenvalue weighted by atomic mass is 9.97. The largest absolute Gasteiger partial charge is 0.292 e. The van der Waals surface area contributed by atoms with Gasteiger partial charge in [-0.3, -0.25) is 4.79 Å². The third-order valence-corrected chi connectivity index (χ3v) is 4.08. The third-order valence-electron chi connectivity index (χ3n) is 3.14. The van der Waals surface area contributed by atoms with Crippen molar-refractivity contribution < 1.29 is 4.79 Å². The first-order valence-corrected chi connectivity index (χ1v) is 6.42. The number of aromatic nitrogens is 1. The van der Waals surface area contributed by atoms with Crippen LogP contribution in [0.2, 0.25) is 0 Å². The van der Waals surface area contributed by atoms with Crippen molar-refractivity contribution >= 4 is 17.1 Å². The van der Waals surface area contributed by atoms with Gasteiger partial charge in [0.15, 0.2) is 10.8 Å². The molecule has 0 atom stereocenters. The molecule has 1 aromatic heterocycles. The predicted octanol–water partition coefficient (Wildman–Crippen LogP) is 3.94. The Hall–Kier alpha value is -1.48. The molecule has 1 aromatic carbocycles. The molecule has 88 valence electrons. The van der Waals surface area contributed by atoms with Crippen molar-refractivity contribution in [2.45, 2.75) is 27.7 Å². The first-order valence-electron chi connectivity index (χ1n) is 5.54. The maximum atomic E-state index is 11.2. The molecule has 0 aliphatic rings. The van der Waals surface area contributed by atoms with Crippen LogP contribution in [0.3, 0.4) is 0 Å². The summed E-state index contributed by atoms with van der Waals surface area (Å²) in [7, 11) is 0. The van der Waals surface area contributed by atoms with E-state index in [1.807, 2.05) is 5.38 Å². The van der Waals surface area contributed by atoms with Gasteiger partial charge in [-0.05, 0) is 37.5 Å². The number of hydrogen-bond donors (Lipinski definition) is 0. The van der Waals surface area contributed by atoms with E-state index >= 15 is 0 Å². The lowest BCUT2D eigenvalue weighted by molar-refractivity contribution is 0.101. The molecule has 0 radical (unpaired) electrons. The summed E-state index contributed by atoms with van der Waals surface area (Å²) in [5, 5.41) is 2.53. The Labute approximate surface area is 105 Å². The van der Waals surface area contributed by atoms with Gasteiger partial charge in [-0.25, -0.2) is 4.98 Å². The number of carbonyl (C=O) groups is 1. The molecule has 0 spiro atoms. The Morgan fingerprint density at radius 1 is 1.18 bits per heavy atom. The van der Waals surface area contributed by atoms with E-state index in [2.05, 4.69) is 37.9 Å². The molecule has 0 amide bonds. The monoisotopic (exact) mass is 245 g/mol. The Bertz CT molecular complexity index is 584. The average molecular weight is 245 g/mol. The highest BCUT2D eigenvalue weighted by Gasteiger charge is 2.11. The van der Waals surface area contributed by atoms with Crippen LogP contribution in [0.4, 0.5) is 0 Å². The van der Waals surface area contributed by atoms with Crippen LogP contribution in [0.15, 0.2) is 17.5 Å². The smallest absolute Gasteiger partial charge is 0.188 e. The molecule has 2 aromatic rings. The summed E-state index contributed by atoms with van der Waals surface area (Å²) in [6.45, 7) is 7.88. The highest BCUT2D eigenvalue weighted by Crippen LogP contribution is 2.28. The van der Waals surface area contributed by atoms with E-state index in [4.69, 9.17) is 0 Å². The van der Waals surface area contributed by atoms with Gasteiger partial charge in [0, 0.05) is 17.9 Å². The summed E-state index contributed by atoms with van der Waals surface area (Å²) in [6.07, 6.45) is 0. The fraction of sp³-hybridized carbons (Fsp3) is 0.286. The van der Waals surface area contributed by atoms with Crippen LogP contribution in [0, 0.1) is 20.8 Å². The first kappa shape index (κ1) is 12.0. The number of thiazole rings is 1. The van der Waals surface area contributed by atoms with E-state index in [1.165, 1.54) is 28.0 Å². The molecule has 0 saturated heterocycles. The number of nitrogens with zero attached hydrogens (tertiary/aromatic N) is 1. The van der Waals surface area contributed by atoms with Crippen molar-refractivity contribution in [3.8, 4) is 11.3 Å². The predicted molar refractivity (Wildman–Crippen MR) is 71.8 cm³/mol. The van der Waals surface area contributed by atoms with E-state index in [9.17, 15) is 4.79 Å². The zero-order valence-electron chi connectivity index (χ0n) is 10.5. The van der Waals surface area contributed by atoms with E-state index in [-0.39, 0.29) is 5.78 Å². The number of hydrogen-bond acceptors (Lipinski definition) is 3. The summed E-state index contributed by atoms with van der Waals surface area (Å²) >= 11 is 1.41. The molecule has 17 heavy (non-hydrogen) atoms. The normalized spacial score (nSPS) is 10.6. The fourth-order valence-corrected chi connectivity index (χ4v) is 2.51. The van der Waals surface area contributed by atoms with Gasteiger partial charge in [-0.2, -0.15) is 0 Å². The van der Waals surface area contributed by atoms with Crippen LogP contribution >= 0.6 is 11.3 Å². The lowest BCUT2D eigenvalue weighted by Gasteiger charge is -2.09. The highest BCUT2D eigenvalue weighted by molar-refractivity contribution is 7.12. The molecular formula is C14H15NOS. The maximum absolute atomic E-state index is 11.2. The number of ketones is 1. The highest BCUT2D eigenvalue weighted by atomic mass is 32.1. The molecule has 2 nitrogen and oxygen atoms in total. The second-order valence-electron chi connectivity index (χ2n) is 4.27. The molecule has 0 saturated carbocycles. The van der Waals surface area contributed by atoms with Gasteiger partial charge in [0.1, 0.15) is 0 Å². The molecular weight excluding hydrogens is 230 g/mol. The zero-order valence-corrected chi connectivity index (χ0v) is 11.3. The van der Waals surface area contributed by atoms with Crippen LogP contribution < -0.4 is 0 Å². The maximum Gasteiger partial charge on any atom is 0.188 e. The van der Waals surface area contributed by atoms with E-state index in [0.29, 0.717) is 5.01 Å². The first-order chi connectivity index (χ1) is 8.00. The minimum absolute atomic E-state index is 0.0303. The van der Waals surface area contributed by atoms with E-state index in [0.717, 1.165) is 11.3 Å². The quantitative estimate of drug-likeness (QED) is 0.750. The number of rotatable bonds is 2. The van der Waals surface area contributed by atoms with E-state index < -0.39 is 0 Å². The minimum Gasteiger partial charge on any atom is -0.292 e. The minimum atomic E-state index is 0.0303. The van der Waals surface area contributed by atoms with Gasteiger partial charge in [0.2, 0.25) is 0 Å². The lowest BCUT2D eigenvalue weighted by Crippen LogP contribution is -1.93. The second-order valence-corrected chi connectivity index (χ2v) is 5.13. The van der Waals surface area contributed by atoms with Crippen LogP contribution in [-0.2, 0) is 0 Å². The van der Waals surface area contributed by atoms with Gasteiger partial charge in [-0.1, -0.05) is 12.1 Å². The number of Topliss-reactive ketones (excluding diaryl/α,β-unsaturated/α-hetero) is 1. The topological polar surface area (TPSA) is 30.0 Å². The van der Waals surface area contributed by atoms with Crippen molar-refractivity contribution in [2.75, 3.05) is 0 Å². The Balaban J connectivity index is 2.53. The average Bonchev–Trinajstić information content (AvgIpc) is 2.75. The Morgan fingerprint density at radius 2 is 1.88 bits per heavy atom. The molecule has 0 aliphatic heterocycles. The molecule has 2 rings (SSSR count). The summed E-state index contributed by atoms with van der Waals surface area (Å²) in [5.41, 5.74) is 5.84. The van der Waals surface area contributed by atoms with Gasteiger partial charge >= 0.3 is 0 Å². The molecule has 1 heterocycles. The number of benzene rings is 1. The van der Waals surface area contributed by atoms with Crippen molar-refractivity contribution in [3.05, 3.63) is 39.2 Å². The standard InChI is InChI=1S/C14H15NOS/c1-8-5-6-12(10(3)9(8)2)13-7-17-14(15-13)11(4)16/h5-7H,1-4H3. The van der Waals surface area contributed by atoms with Gasteiger partial charge in [0.25, 0.3) is 0 Å². The van der Waals surface area contributed by atoms with Crippen molar-refractivity contribution in [1.82, 2.24) is 4.98 Å². The van der Waals surface area contributed by atoms with Crippen LogP contribution in [-0.4, -0.2) is 10.8 Å². The number of carbonyl (C=O) groups excluding carboxylic acids is 1. The van der Waals surface area contributed by atoms with Gasteiger partial charge in [-0.15, -0.1) is 11.3 Å². The third kappa shape index (κ3) is 2.15. The van der Waals surface area contributed by atoms with E-state index in [1.54, 1.807) is 6.92 Å². The molecule has 0 bridgehead atoms. The molecule has 3 heteroatoms. The van der Waals surface area contributed by atoms with Gasteiger partial charge < -0.3 is 0 Å². The summed E-state index contributed by atoms with van der Waals surface area (Å²) < 4.78 is 0. The van der Waals surface area contributed by atoms with Gasteiger partial charge in [0.05, 0.1) is 5.69 Å². The van der Waals surface area contributed by atoms with Crippen LogP contribution in [0.5, 0.6) is 0 Å².